The zero-order valence-corrected chi connectivity index (χ0v) is 16.1. The van der Waals surface area contributed by atoms with Crippen LogP contribution in [-0.2, 0) is 7.05 Å². The molecule has 1 aromatic carbocycles. The highest BCUT2D eigenvalue weighted by Gasteiger charge is 2.23. The monoisotopic (exact) mass is 409 g/mol. The average Bonchev–Trinajstić information content (AvgIpc) is 3.15. The van der Waals surface area contributed by atoms with E-state index in [1.54, 1.807) is 25.5 Å². The topological polar surface area (TPSA) is 98.5 Å². The highest BCUT2D eigenvalue weighted by atomic mass is 19.3. The Kier molecular flexibility index (Phi) is 5.13. The van der Waals surface area contributed by atoms with Crippen LogP contribution in [0.15, 0.2) is 48.9 Å². The molecular weight excluding hydrogens is 392 g/mol. The van der Waals surface area contributed by atoms with Crippen molar-refractivity contribution in [1.29, 1.82) is 0 Å². The highest BCUT2D eigenvalue weighted by molar-refractivity contribution is 5.93. The quantitative estimate of drug-likeness (QED) is 0.543. The van der Waals surface area contributed by atoms with Crippen LogP contribution in [0.1, 0.15) is 41.3 Å². The Morgan fingerprint density at radius 2 is 1.87 bits per heavy atom. The van der Waals surface area contributed by atoms with E-state index in [9.17, 15) is 13.6 Å². The molecule has 1 amide bonds. The molecule has 30 heavy (non-hydrogen) atoms. The van der Waals surface area contributed by atoms with Crippen LogP contribution in [0.25, 0.3) is 22.4 Å². The Morgan fingerprint density at radius 1 is 1.13 bits per heavy atom. The van der Waals surface area contributed by atoms with E-state index in [1.165, 1.54) is 7.05 Å². The highest BCUT2D eigenvalue weighted by Crippen LogP contribution is 2.26. The number of aryl methyl sites for hydroxylation is 1. The number of carbonyl (C=O) groups is 1. The lowest BCUT2D eigenvalue weighted by molar-refractivity contribution is 0.0929. The molecule has 4 aromatic rings. The Labute approximate surface area is 170 Å². The maximum Gasteiger partial charge on any atom is 0.282 e. The number of aromatic nitrogens is 6. The van der Waals surface area contributed by atoms with Crippen molar-refractivity contribution in [2.45, 2.75) is 19.4 Å². The molecule has 8 nitrogen and oxygen atoms in total. The predicted octanol–water partition coefficient (Wildman–Crippen LogP) is 3.25. The summed E-state index contributed by atoms with van der Waals surface area (Å²) < 4.78 is 26.9. The fraction of sp³-hybridized carbons (Fsp3) is 0.200. The maximum absolute atomic E-state index is 12.9. The van der Waals surface area contributed by atoms with E-state index in [1.807, 2.05) is 24.3 Å². The standard InChI is InChI=1S/C20H17F2N7O/c1-11(25-20(30)16-9-14(19(21)22)28-29(16)2)17-18(15-10-23-7-8-24-15)27-13-6-4-3-5-12(13)26-17/h3-11,19H,1-2H3,(H,25,30)/t11-/m0/s1. The molecule has 4 rings (SSSR count). The third kappa shape index (κ3) is 3.71. The van der Waals surface area contributed by atoms with Gasteiger partial charge >= 0.3 is 0 Å². The van der Waals surface area contributed by atoms with E-state index in [2.05, 4.69) is 30.4 Å². The van der Waals surface area contributed by atoms with Gasteiger partial charge in [0.1, 0.15) is 22.8 Å². The van der Waals surface area contributed by atoms with Crippen LogP contribution in [0.4, 0.5) is 8.78 Å². The molecule has 0 aliphatic heterocycles. The van der Waals surface area contributed by atoms with Crippen LogP contribution in [0.5, 0.6) is 0 Å². The van der Waals surface area contributed by atoms with Crippen LogP contribution in [-0.4, -0.2) is 35.6 Å². The van der Waals surface area contributed by atoms with Crippen LogP contribution >= 0.6 is 0 Å². The lowest BCUT2D eigenvalue weighted by Gasteiger charge is -2.17. The van der Waals surface area contributed by atoms with Crippen molar-refractivity contribution in [2.24, 2.45) is 7.05 Å². The second-order valence-corrected chi connectivity index (χ2v) is 6.61. The van der Waals surface area contributed by atoms with Gasteiger partial charge < -0.3 is 5.32 Å². The number of hydrogen-bond acceptors (Lipinski definition) is 6. The van der Waals surface area contributed by atoms with Crippen molar-refractivity contribution >= 4 is 16.9 Å². The Balaban J connectivity index is 1.72. The van der Waals surface area contributed by atoms with Gasteiger partial charge in [0.05, 0.1) is 29.0 Å². The normalized spacial score (nSPS) is 12.3. The number of nitrogens with one attached hydrogen (secondary N) is 1. The number of carbonyl (C=O) groups excluding carboxylic acids is 1. The molecule has 0 aliphatic rings. The number of para-hydroxylation sites is 2. The van der Waals surface area contributed by atoms with Gasteiger partial charge in [0, 0.05) is 19.4 Å². The number of hydrogen-bond donors (Lipinski definition) is 1. The van der Waals surface area contributed by atoms with Crippen molar-refractivity contribution in [3.05, 3.63) is 66.0 Å². The lowest BCUT2D eigenvalue weighted by Crippen LogP contribution is -2.29. The molecule has 0 saturated carbocycles. The van der Waals surface area contributed by atoms with Crippen molar-refractivity contribution < 1.29 is 13.6 Å². The van der Waals surface area contributed by atoms with Crippen molar-refractivity contribution in [3.63, 3.8) is 0 Å². The third-order valence-electron chi connectivity index (χ3n) is 4.52. The molecule has 0 fully saturated rings. The first-order valence-corrected chi connectivity index (χ1v) is 9.10. The van der Waals surface area contributed by atoms with Gasteiger partial charge in [0.2, 0.25) is 0 Å². The Morgan fingerprint density at radius 3 is 2.50 bits per heavy atom. The van der Waals surface area contributed by atoms with Crippen LogP contribution < -0.4 is 5.32 Å². The minimum absolute atomic E-state index is 0.0203. The van der Waals surface area contributed by atoms with Crippen molar-refractivity contribution in [2.75, 3.05) is 0 Å². The molecule has 3 aromatic heterocycles. The molecule has 0 aliphatic carbocycles. The van der Waals surface area contributed by atoms with Gasteiger partial charge in [-0.05, 0) is 25.1 Å². The largest absolute Gasteiger partial charge is 0.343 e. The first-order valence-electron chi connectivity index (χ1n) is 9.10. The summed E-state index contributed by atoms with van der Waals surface area (Å²) in [6.45, 7) is 1.74. The lowest BCUT2D eigenvalue weighted by atomic mass is 10.1. The van der Waals surface area contributed by atoms with Crippen LogP contribution in [0.3, 0.4) is 0 Å². The third-order valence-corrected chi connectivity index (χ3v) is 4.52. The first-order chi connectivity index (χ1) is 14.4. The zero-order valence-electron chi connectivity index (χ0n) is 16.1. The summed E-state index contributed by atoms with van der Waals surface area (Å²) in [5, 5.41) is 6.46. The average molecular weight is 409 g/mol. The van der Waals surface area contributed by atoms with Gasteiger partial charge in [0.25, 0.3) is 12.3 Å². The van der Waals surface area contributed by atoms with Gasteiger partial charge in [-0.15, -0.1) is 0 Å². The SMILES string of the molecule is C[C@H](NC(=O)c1cc(C(F)F)nn1C)c1nc2ccccc2nc1-c1cnccn1. The number of fused-ring (bicyclic) bond motifs is 1. The predicted molar refractivity (Wildman–Crippen MR) is 105 cm³/mol. The van der Waals surface area contributed by atoms with E-state index >= 15 is 0 Å². The van der Waals surface area contributed by atoms with Gasteiger partial charge in [-0.1, -0.05) is 12.1 Å². The summed E-state index contributed by atoms with van der Waals surface area (Å²) >= 11 is 0. The summed E-state index contributed by atoms with van der Waals surface area (Å²) in [5.74, 6) is -0.551. The Bertz CT molecular complexity index is 1210. The maximum atomic E-state index is 12.9. The smallest absolute Gasteiger partial charge is 0.282 e. The van der Waals surface area contributed by atoms with Gasteiger partial charge in [-0.25, -0.2) is 18.7 Å². The van der Waals surface area contributed by atoms with E-state index in [0.717, 1.165) is 10.7 Å². The number of benzene rings is 1. The van der Waals surface area contributed by atoms with Crippen LogP contribution in [0, 0.1) is 0 Å². The molecule has 0 saturated heterocycles. The fourth-order valence-corrected chi connectivity index (χ4v) is 3.07. The molecule has 152 valence electrons. The number of amides is 1. The number of nitrogens with zero attached hydrogens (tertiary/aromatic N) is 6. The summed E-state index contributed by atoms with van der Waals surface area (Å²) in [6, 6.07) is 7.82. The molecule has 0 radical (unpaired) electrons. The molecule has 1 atom stereocenters. The molecule has 3 heterocycles. The fourth-order valence-electron chi connectivity index (χ4n) is 3.07. The number of alkyl halides is 2. The summed E-state index contributed by atoms with van der Waals surface area (Å²) in [5.41, 5.74) is 2.36. The first kappa shape index (κ1) is 19.5. The van der Waals surface area contributed by atoms with Crippen LogP contribution in [0.2, 0.25) is 0 Å². The second kappa shape index (κ2) is 7.90. The van der Waals surface area contributed by atoms with Gasteiger partial charge in [-0.3, -0.25) is 19.4 Å². The molecule has 0 bridgehead atoms. The van der Waals surface area contributed by atoms with E-state index in [-0.39, 0.29) is 5.69 Å². The van der Waals surface area contributed by atoms with E-state index in [4.69, 9.17) is 0 Å². The van der Waals surface area contributed by atoms with E-state index in [0.29, 0.717) is 28.1 Å². The molecular formula is C20H17F2N7O. The second-order valence-electron chi connectivity index (χ2n) is 6.61. The van der Waals surface area contributed by atoms with Gasteiger partial charge in [-0.2, -0.15) is 5.10 Å². The number of rotatable bonds is 5. The summed E-state index contributed by atoms with van der Waals surface area (Å²) in [4.78, 5) is 30.4. The van der Waals surface area contributed by atoms with Crippen molar-refractivity contribution in [1.82, 2.24) is 35.0 Å². The zero-order chi connectivity index (χ0) is 21.3. The molecule has 1 N–H and O–H groups in total. The molecule has 0 unspecified atom stereocenters. The molecule has 0 spiro atoms. The number of halogens is 2. The summed E-state index contributed by atoms with van der Waals surface area (Å²) in [6.07, 6.45) is 1.89. The summed E-state index contributed by atoms with van der Waals surface area (Å²) in [7, 11) is 1.44. The van der Waals surface area contributed by atoms with Crippen molar-refractivity contribution in [3.8, 4) is 11.4 Å². The molecule has 10 heteroatoms. The van der Waals surface area contributed by atoms with E-state index < -0.39 is 24.1 Å². The van der Waals surface area contributed by atoms with Gasteiger partial charge in [0.15, 0.2) is 0 Å². The minimum Gasteiger partial charge on any atom is -0.343 e. The minimum atomic E-state index is -2.76. The Hall–Kier alpha value is -3.82.